The molecule has 59 heavy (non-hydrogen) atoms. The Morgan fingerprint density at radius 3 is 2.32 bits per heavy atom. The zero-order valence-electron chi connectivity index (χ0n) is 34.4. The number of likely N-dealkylation sites (tertiary alicyclic amines) is 1. The van der Waals surface area contributed by atoms with Crippen molar-refractivity contribution in [2.45, 2.75) is 58.7 Å². The number of carbonyl (C=O) groups excluding carboxylic acids is 1. The largest absolute Gasteiger partial charge is 0.494 e. The number of fused-ring (bicyclic) bond motifs is 1. The van der Waals surface area contributed by atoms with Gasteiger partial charge in [-0.3, -0.25) is 24.1 Å². The fourth-order valence-electron chi connectivity index (χ4n) is 7.49. The van der Waals surface area contributed by atoms with Gasteiger partial charge >= 0.3 is 13.7 Å². The lowest BCUT2D eigenvalue weighted by atomic mass is 10.0. The normalized spacial score (nSPS) is 15.7. The summed E-state index contributed by atoms with van der Waals surface area (Å²) in [6, 6.07) is 8.03. The number of piperidine rings is 1. The van der Waals surface area contributed by atoms with Gasteiger partial charge in [0.1, 0.15) is 28.0 Å². The van der Waals surface area contributed by atoms with E-state index >= 15 is 0 Å². The highest BCUT2D eigenvalue weighted by Gasteiger charge is 2.34. The maximum atomic E-state index is 13.9. The quantitative estimate of drug-likeness (QED) is 0.120. The Balaban J connectivity index is 1.13. The lowest BCUT2D eigenvalue weighted by molar-refractivity contribution is 0.0140. The Kier molecular flexibility index (Phi) is 12.7. The molecule has 2 aliphatic heterocycles. The Morgan fingerprint density at radius 1 is 0.932 bits per heavy atom. The monoisotopic (exact) mass is 891 g/mol. The van der Waals surface area contributed by atoms with Gasteiger partial charge in [-0.25, -0.2) is 9.78 Å². The minimum atomic E-state index is -3.81. The van der Waals surface area contributed by atoms with E-state index in [-0.39, 0.29) is 17.3 Å². The molecular weight excluding hydrogens is 841 g/mol. The molecule has 19 heteroatoms. The van der Waals surface area contributed by atoms with Crippen molar-refractivity contribution in [1.82, 2.24) is 39.5 Å². The van der Waals surface area contributed by atoms with Crippen molar-refractivity contribution in [2.75, 3.05) is 76.1 Å². The van der Waals surface area contributed by atoms with Crippen molar-refractivity contribution in [3.05, 3.63) is 59.7 Å². The van der Waals surface area contributed by atoms with Gasteiger partial charge in [-0.15, -0.1) is 0 Å². The molecule has 314 valence electrons. The topological polar surface area (TPSA) is 174 Å². The summed E-state index contributed by atoms with van der Waals surface area (Å²) in [5.74, 6) is 1.28. The third kappa shape index (κ3) is 9.31. The highest BCUT2D eigenvalue weighted by molar-refractivity contribution is 9.10. The summed E-state index contributed by atoms with van der Waals surface area (Å²) in [4.78, 5) is 37.7. The fraction of sp³-hybridized carbons (Fsp3) is 0.450. The number of piperazine rings is 1. The van der Waals surface area contributed by atoms with Crippen molar-refractivity contribution in [1.29, 1.82) is 0 Å². The van der Waals surface area contributed by atoms with Gasteiger partial charge in [0.15, 0.2) is 0 Å². The van der Waals surface area contributed by atoms with Gasteiger partial charge in [-0.1, -0.05) is 0 Å². The standard InChI is InChI=1S/C40H51BrN11O6P/c1-8-52-25-26(23-45-52)28-21-32(34(55-5)22-33(28)50-19-17-49(18-20-50)27-11-15-51(16-12-27)39(53)58-40(2,3)4)47-38-44-24-29(41)37(48-38)46-31-10-9-30-35(43-14-13-42-30)36(31)59(54,56-6)57-7/h9-10,13-14,21-25,27H,8,11-12,15-20H2,1-7H3,(H2,44,46,47,48). The predicted octanol–water partition coefficient (Wildman–Crippen LogP) is 7.19. The third-order valence-corrected chi connectivity index (χ3v) is 13.0. The zero-order valence-corrected chi connectivity index (χ0v) is 36.9. The molecule has 0 radical (unpaired) electrons. The molecule has 1 amide bonds. The Bertz CT molecular complexity index is 2330. The molecule has 2 saturated heterocycles. The number of amides is 1. The maximum absolute atomic E-state index is 13.9. The predicted molar refractivity (Wildman–Crippen MR) is 232 cm³/mol. The summed E-state index contributed by atoms with van der Waals surface area (Å²) >= 11 is 3.57. The van der Waals surface area contributed by atoms with Crippen LogP contribution in [0.15, 0.2) is 59.7 Å². The van der Waals surface area contributed by atoms with Crippen molar-refractivity contribution in [2.24, 2.45) is 0 Å². The fourth-order valence-corrected chi connectivity index (χ4v) is 9.15. The number of nitrogens with one attached hydrogen (secondary N) is 2. The molecule has 0 bridgehead atoms. The van der Waals surface area contributed by atoms with Gasteiger partial charge < -0.3 is 39.0 Å². The number of rotatable bonds is 12. The van der Waals surface area contributed by atoms with Gasteiger partial charge in [0, 0.05) is 114 Å². The van der Waals surface area contributed by atoms with E-state index in [1.54, 1.807) is 31.6 Å². The number of ether oxygens (including phenoxy) is 2. The summed E-state index contributed by atoms with van der Waals surface area (Å²) in [5, 5.41) is 11.5. The molecule has 2 fully saturated rings. The Hall–Kier alpha value is -4.87. The van der Waals surface area contributed by atoms with Crippen LogP contribution in [-0.4, -0.2) is 118 Å². The van der Waals surface area contributed by atoms with E-state index in [4.69, 9.17) is 23.5 Å². The van der Waals surface area contributed by atoms with Gasteiger partial charge in [0.05, 0.1) is 34.7 Å². The van der Waals surface area contributed by atoms with Crippen LogP contribution in [0, 0.1) is 0 Å². The second-order valence-corrected chi connectivity index (χ2v) is 18.3. The summed E-state index contributed by atoms with van der Waals surface area (Å²) in [7, 11) is 0.488. The molecule has 0 atom stereocenters. The number of hydrogen-bond acceptors (Lipinski definition) is 15. The molecule has 0 saturated carbocycles. The number of aromatic nitrogens is 6. The minimum Gasteiger partial charge on any atom is -0.494 e. The van der Waals surface area contributed by atoms with Crippen LogP contribution in [0.25, 0.3) is 22.2 Å². The molecule has 7 rings (SSSR count). The first-order valence-corrected chi connectivity index (χ1v) is 21.9. The van der Waals surface area contributed by atoms with E-state index < -0.39 is 13.2 Å². The third-order valence-electron chi connectivity index (χ3n) is 10.5. The number of methoxy groups -OCH3 is 1. The summed E-state index contributed by atoms with van der Waals surface area (Å²) in [6.07, 6.45) is 10.2. The first-order valence-electron chi connectivity index (χ1n) is 19.6. The SMILES string of the molecule is CCn1cc(-c2cc(Nc3ncc(Br)c(Nc4ccc5nccnc5c4P(=O)(OC)OC)n3)c(OC)cc2N2CCN(C3CCN(C(=O)OC(C)(C)C)CC3)CC2)cn1. The highest BCUT2D eigenvalue weighted by atomic mass is 79.9. The highest BCUT2D eigenvalue weighted by Crippen LogP contribution is 2.49. The number of hydrogen-bond donors (Lipinski definition) is 2. The van der Waals surface area contributed by atoms with Crippen molar-refractivity contribution < 1.29 is 27.9 Å². The molecule has 2 aliphatic rings. The van der Waals surface area contributed by atoms with Crippen LogP contribution in [0.2, 0.25) is 0 Å². The molecular formula is C40H51BrN11O6P. The van der Waals surface area contributed by atoms with Crippen molar-refractivity contribution in [3.63, 3.8) is 0 Å². The second kappa shape index (κ2) is 17.8. The smallest absolute Gasteiger partial charge is 0.410 e. The van der Waals surface area contributed by atoms with E-state index in [1.165, 1.54) is 20.4 Å². The van der Waals surface area contributed by atoms with Crippen molar-refractivity contribution in [3.8, 4) is 16.9 Å². The summed E-state index contributed by atoms with van der Waals surface area (Å²) < 4.78 is 38.8. The molecule has 2 N–H and O–H groups in total. The molecule has 5 aromatic rings. The summed E-state index contributed by atoms with van der Waals surface area (Å²) in [6.45, 7) is 13.3. The average Bonchev–Trinajstić information content (AvgIpc) is 3.73. The van der Waals surface area contributed by atoms with Gasteiger partial charge in [0.25, 0.3) is 0 Å². The number of nitrogens with zero attached hydrogens (tertiary/aromatic N) is 9. The van der Waals surface area contributed by atoms with Gasteiger partial charge in [-0.05, 0) is 74.7 Å². The number of halogens is 1. The van der Waals surface area contributed by atoms with Crippen LogP contribution >= 0.6 is 23.5 Å². The average molecular weight is 893 g/mol. The van der Waals surface area contributed by atoms with Crippen LogP contribution in [0.4, 0.5) is 33.6 Å². The van der Waals surface area contributed by atoms with Crippen LogP contribution in [0.3, 0.4) is 0 Å². The van der Waals surface area contributed by atoms with Gasteiger partial charge in [0.2, 0.25) is 5.95 Å². The van der Waals surface area contributed by atoms with E-state index in [1.807, 2.05) is 42.7 Å². The Morgan fingerprint density at radius 2 is 1.66 bits per heavy atom. The second-order valence-electron chi connectivity index (χ2n) is 15.3. The molecule has 17 nitrogen and oxygen atoms in total. The maximum Gasteiger partial charge on any atom is 0.410 e. The Labute approximate surface area is 352 Å². The number of anilines is 5. The first kappa shape index (κ1) is 42.3. The molecule has 0 aliphatic carbocycles. The van der Waals surface area contributed by atoms with Crippen LogP contribution in [0.1, 0.15) is 40.5 Å². The van der Waals surface area contributed by atoms with E-state index in [0.29, 0.717) is 57.6 Å². The molecule has 5 heterocycles. The van der Waals surface area contributed by atoms with Crippen molar-refractivity contribution >= 4 is 74.8 Å². The lowest BCUT2D eigenvalue weighted by Crippen LogP contribution is -2.54. The molecule has 0 spiro atoms. The van der Waals surface area contributed by atoms with Crippen LogP contribution < -0.4 is 25.6 Å². The van der Waals surface area contributed by atoms with Crippen LogP contribution in [-0.2, 0) is 24.9 Å². The number of aryl methyl sites for hydroxylation is 1. The summed E-state index contributed by atoms with van der Waals surface area (Å²) in [5.41, 5.74) is 4.46. The molecule has 3 aromatic heterocycles. The van der Waals surface area contributed by atoms with E-state index in [9.17, 15) is 9.36 Å². The lowest BCUT2D eigenvalue weighted by Gasteiger charge is -2.43. The number of benzene rings is 2. The minimum absolute atomic E-state index is 0.229. The van der Waals surface area contributed by atoms with E-state index in [0.717, 1.165) is 62.4 Å². The van der Waals surface area contributed by atoms with Crippen LogP contribution in [0.5, 0.6) is 5.75 Å². The first-order chi connectivity index (χ1) is 28.3. The molecule has 2 aromatic carbocycles. The van der Waals surface area contributed by atoms with Gasteiger partial charge in [-0.2, -0.15) is 10.1 Å². The zero-order chi connectivity index (χ0) is 41.9. The van der Waals surface area contributed by atoms with E-state index in [2.05, 4.69) is 75.5 Å². The molecule has 0 unspecified atom stereocenters. The number of carbonyl (C=O) groups is 1.